The van der Waals surface area contributed by atoms with Crippen LogP contribution in [0.2, 0.25) is 0 Å². The molecule has 7 heteroatoms. The molecular weight excluding hydrogens is 452 g/mol. The Morgan fingerprint density at radius 3 is 2.15 bits per heavy atom. The molecule has 0 fully saturated rings. The summed E-state index contributed by atoms with van der Waals surface area (Å²) < 4.78 is 28.8. The van der Waals surface area contributed by atoms with Gasteiger partial charge in [-0.15, -0.1) is 11.8 Å². The van der Waals surface area contributed by atoms with Crippen LogP contribution < -0.4 is 5.32 Å². The van der Waals surface area contributed by atoms with Gasteiger partial charge in [-0.3, -0.25) is 4.79 Å². The molecule has 3 rings (SSSR count). The van der Waals surface area contributed by atoms with Crippen molar-refractivity contribution in [2.75, 3.05) is 18.1 Å². The van der Waals surface area contributed by atoms with Crippen LogP contribution in [0, 0.1) is 27.7 Å². The zero-order valence-corrected chi connectivity index (χ0v) is 21.3. The van der Waals surface area contributed by atoms with Gasteiger partial charge in [-0.05, 0) is 68.8 Å². The van der Waals surface area contributed by atoms with Gasteiger partial charge in [0.05, 0.1) is 11.4 Å². The van der Waals surface area contributed by atoms with E-state index in [0.29, 0.717) is 16.8 Å². The maximum absolute atomic E-state index is 13.8. The number of amides is 1. The lowest BCUT2D eigenvalue weighted by Crippen LogP contribution is -2.38. The quantitative estimate of drug-likeness (QED) is 0.432. The fourth-order valence-electron chi connectivity index (χ4n) is 3.89. The van der Waals surface area contributed by atoms with Crippen molar-refractivity contribution < 1.29 is 13.2 Å². The van der Waals surface area contributed by atoms with Crippen molar-refractivity contribution in [1.82, 2.24) is 4.31 Å². The second kappa shape index (κ2) is 10.5. The molecule has 0 aliphatic heterocycles. The lowest BCUT2D eigenvalue weighted by molar-refractivity contribution is -0.116. The van der Waals surface area contributed by atoms with Crippen LogP contribution in [0.4, 0.5) is 5.69 Å². The van der Waals surface area contributed by atoms with Crippen LogP contribution in [0.15, 0.2) is 70.5 Å². The minimum atomic E-state index is -3.92. The van der Waals surface area contributed by atoms with E-state index >= 15 is 0 Å². The second-order valence-corrected chi connectivity index (χ2v) is 11.0. The number of sulfonamides is 1. The number of carbonyl (C=O) groups is 1. The summed E-state index contributed by atoms with van der Waals surface area (Å²) in [4.78, 5) is 14.2. The maximum atomic E-state index is 13.8. The maximum Gasteiger partial charge on any atom is 0.244 e. The van der Waals surface area contributed by atoms with E-state index in [4.69, 9.17) is 0 Å². The van der Waals surface area contributed by atoms with Crippen LogP contribution in [0.3, 0.4) is 0 Å². The molecule has 0 radical (unpaired) electrons. The average Bonchev–Trinajstić information content (AvgIpc) is 2.74. The zero-order chi connectivity index (χ0) is 24.2. The minimum absolute atomic E-state index is 0.105. The molecule has 1 amide bonds. The third kappa shape index (κ3) is 6.25. The van der Waals surface area contributed by atoms with Gasteiger partial charge in [-0.2, -0.15) is 4.31 Å². The Bertz CT molecular complexity index is 1230. The van der Waals surface area contributed by atoms with E-state index in [-0.39, 0.29) is 23.9 Å². The number of nitrogens with one attached hydrogen (secondary N) is 1. The summed E-state index contributed by atoms with van der Waals surface area (Å²) in [6.07, 6.45) is 1.96. The molecule has 0 saturated heterocycles. The van der Waals surface area contributed by atoms with Gasteiger partial charge in [0.2, 0.25) is 15.9 Å². The fourth-order valence-corrected chi connectivity index (χ4v) is 6.14. The molecule has 3 aromatic carbocycles. The van der Waals surface area contributed by atoms with Gasteiger partial charge < -0.3 is 5.32 Å². The van der Waals surface area contributed by atoms with Gasteiger partial charge in [0.25, 0.3) is 0 Å². The van der Waals surface area contributed by atoms with E-state index in [1.807, 2.05) is 74.7 Å². The van der Waals surface area contributed by atoms with Gasteiger partial charge in [-0.25, -0.2) is 8.42 Å². The van der Waals surface area contributed by atoms with Gasteiger partial charge >= 0.3 is 0 Å². The van der Waals surface area contributed by atoms with E-state index in [1.165, 1.54) is 4.31 Å². The third-order valence-electron chi connectivity index (χ3n) is 5.36. The molecule has 174 valence electrons. The fraction of sp³-hybridized carbons (Fsp3) is 0.269. The van der Waals surface area contributed by atoms with Crippen LogP contribution in [0.5, 0.6) is 0 Å². The van der Waals surface area contributed by atoms with Crippen LogP contribution >= 0.6 is 11.8 Å². The second-order valence-electron chi connectivity index (χ2n) is 8.27. The van der Waals surface area contributed by atoms with E-state index in [0.717, 1.165) is 21.6 Å². The summed E-state index contributed by atoms with van der Waals surface area (Å²) in [5.74, 6) is -0.383. The Morgan fingerprint density at radius 1 is 0.909 bits per heavy atom. The molecule has 0 aliphatic carbocycles. The Kier molecular flexibility index (Phi) is 8.00. The first-order valence-corrected chi connectivity index (χ1v) is 13.3. The normalized spacial score (nSPS) is 11.6. The molecule has 33 heavy (non-hydrogen) atoms. The highest BCUT2D eigenvalue weighted by Crippen LogP contribution is 2.27. The molecule has 0 unspecified atom stereocenters. The predicted molar refractivity (Wildman–Crippen MR) is 136 cm³/mol. The van der Waals surface area contributed by atoms with Crippen LogP contribution in [0.25, 0.3) is 0 Å². The van der Waals surface area contributed by atoms with Crippen molar-refractivity contribution in [1.29, 1.82) is 0 Å². The number of nitrogens with zero attached hydrogens (tertiary/aromatic N) is 1. The molecule has 0 aromatic heterocycles. The summed E-state index contributed by atoms with van der Waals surface area (Å²) in [5, 5.41) is 2.85. The summed E-state index contributed by atoms with van der Waals surface area (Å²) in [7, 11) is -3.92. The largest absolute Gasteiger partial charge is 0.325 e. The molecule has 0 bridgehead atoms. The van der Waals surface area contributed by atoms with Crippen molar-refractivity contribution in [3.05, 3.63) is 88.5 Å². The van der Waals surface area contributed by atoms with Crippen LogP contribution in [-0.2, 0) is 21.4 Å². The first kappa shape index (κ1) is 25.0. The summed E-state index contributed by atoms with van der Waals surface area (Å²) in [6.45, 7) is 7.33. The first-order valence-electron chi connectivity index (χ1n) is 10.7. The number of aryl methyl sites for hydroxylation is 4. The van der Waals surface area contributed by atoms with Gasteiger partial charge in [0.15, 0.2) is 0 Å². The lowest BCUT2D eigenvalue weighted by atomic mass is 10.1. The molecule has 1 N–H and O–H groups in total. The summed E-state index contributed by atoms with van der Waals surface area (Å²) in [6, 6.07) is 18.9. The van der Waals surface area contributed by atoms with Gasteiger partial charge in [0, 0.05) is 17.1 Å². The number of rotatable bonds is 8. The molecule has 0 aliphatic rings. The van der Waals surface area contributed by atoms with Gasteiger partial charge in [0.1, 0.15) is 0 Å². The summed E-state index contributed by atoms with van der Waals surface area (Å²) in [5.41, 5.74) is 4.90. The highest BCUT2D eigenvalue weighted by Gasteiger charge is 2.30. The van der Waals surface area contributed by atoms with Crippen molar-refractivity contribution in [3.63, 3.8) is 0 Å². The predicted octanol–water partition coefficient (Wildman–Crippen LogP) is 5.47. The monoisotopic (exact) mass is 482 g/mol. The van der Waals surface area contributed by atoms with E-state index < -0.39 is 10.0 Å². The molecule has 0 atom stereocenters. The standard InChI is InChI=1S/C26H30N2O3S2/c1-18-9-11-22(12-10-18)16-28(17-25(29)27-23-7-6-8-24(15-23)32-5)33(30,31)26-20(3)13-19(2)14-21(26)4/h6-15H,16-17H2,1-5H3,(H,27,29). The highest BCUT2D eigenvalue weighted by molar-refractivity contribution is 7.98. The number of thioether (sulfide) groups is 1. The molecule has 0 saturated carbocycles. The third-order valence-corrected chi connectivity index (χ3v) is 8.18. The Hall–Kier alpha value is -2.61. The molecular formula is C26H30N2O3S2. The van der Waals surface area contributed by atoms with E-state index in [9.17, 15) is 13.2 Å². The molecule has 0 heterocycles. The lowest BCUT2D eigenvalue weighted by Gasteiger charge is -2.24. The number of hydrogen-bond acceptors (Lipinski definition) is 4. The van der Waals surface area contributed by atoms with E-state index in [1.54, 1.807) is 31.7 Å². The Morgan fingerprint density at radius 2 is 1.55 bits per heavy atom. The van der Waals surface area contributed by atoms with Crippen molar-refractivity contribution in [2.45, 2.75) is 44.0 Å². The molecule has 5 nitrogen and oxygen atoms in total. The number of anilines is 1. The van der Waals surface area contributed by atoms with Crippen molar-refractivity contribution in [3.8, 4) is 0 Å². The first-order chi connectivity index (χ1) is 15.6. The Balaban J connectivity index is 1.95. The summed E-state index contributed by atoms with van der Waals surface area (Å²) >= 11 is 1.58. The molecule has 3 aromatic rings. The van der Waals surface area contributed by atoms with Gasteiger partial charge in [-0.1, -0.05) is 53.6 Å². The average molecular weight is 483 g/mol. The van der Waals surface area contributed by atoms with Crippen molar-refractivity contribution in [2.24, 2.45) is 0 Å². The topological polar surface area (TPSA) is 66.5 Å². The number of carbonyl (C=O) groups excluding carboxylic acids is 1. The van der Waals surface area contributed by atoms with Crippen LogP contribution in [-0.4, -0.2) is 31.4 Å². The number of benzene rings is 3. The van der Waals surface area contributed by atoms with Crippen LogP contribution in [0.1, 0.15) is 27.8 Å². The highest BCUT2D eigenvalue weighted by atomic mass is 32.2. The van der Waals surface area contributed by atoms with E-state index in [2.05, 4.69) is 5.32 Å². The molecule has 0 spiro atoms. The SMILES string of the molecule is CSc1cccc(NC(=O)CN(Cc2ccc(C)cc2)S(=O)(=O)c2c(C)cc(C)cc2C)c1. The smallest absolute Gasteiger partial charge is 0.244 e. The number of hydrogen-bond donors (Lipinski definition) is 1. The van der Waals surface area contributed by atoms with Crippen molar-refractivity contribution >= 4 is 33.4 Å². The Labute approximate surface area is 201 Å². The minimum Gasteiger partial charge on any atom is -0.325 e. The zero-order valence-electron chi connectivity index (χ0n) is 19.7.